The predicted molar refractivity (Wildman–Crippen MR) is 99.0 cm³/mol. The number of hydrogen-bond donors (Lipinski definition) is 0. The molecule has 0 bridgehead atoms. The molecule has 1 rings (SSSR count). The number of alkyl halides is 2. The van der Waals surface area contributed by atoms with Crippen molar-refractivity contribution in [3.63, 3.8) is 0 Å². The molecular weight excluding hydrogens is 419 g/mol. The number of aryl methyl sites for hydroxylation is 2. The number of ketones is 1. The van der Waals surface area contributed by atoms with E-state index in [1.807, 2.05) is 13.0 Å². The van der Waals surface area contributed by atoms with Gasteiger partial charge in [0.2, 0.25) is 5.24 Å². The first kappa shape index (κ1) is 23.1. The zero-order chi connectivity index (χ0) is 15.9. The zero-order valence-electron chi connectivity index (χ0n) is 12.0. The van der Waals surface area contributed by atoms with E-state index < -0.39 is 0 Å². The van der Waals surface area contributed by atoms with Gasteiger partial charge in [0.25, 0.3) is 0 Å². The minimum atomic E-state index is -0.352. The van der Waals surface area contributed by atoms with Gasteiger partial charge in [0.1, 0.15) is 0 Å². The molecule has 2 atom stereocenters. The fourth-order valence-corrected chi connectivity index (χ4v) is 1.60. The summed E-state index contributed by atoms with van der Waals surface area (Å²) in [7, 11) is 0. The Hall–Kier alpha value is -0.190. The first-order chi connectivity index (χ1) is 9.16. The lowest BCUT2D eigenvalue weighted by Crippen LogP contribution is -2.14. The van der Waals surface area contributed by atoms with E-state index in [0.717, 1.165) is 0 Å². The molecule has 0 aliphatic carbocycles. The summed E-state index contributed by atoms with van der Waals surface area (Å²) in [6, 6.07) is 6.12. The van der Waals surface area contributed by atoms with Gasteiger partial charge in [-0.05, 0) is 56.0 Å². The Bertz CT molecular complexity index is 451. The average molecular weight is 443 g/mol. The van der Waals surface area contributed by atoms with Crippen molar-refractivity contribution in [2.24, 2.45) is 0 Å². The van der Waals surface area contributed by atoms with E-state index in [4.69, 9.17) is 11.6 Å². The van der Waals surface area contributed by atoms with Crippen LogP contribution in [-0.2, 0) is 16.0 Å². The minimum absolute atomic E-state index is 0. The first-order valence-electron chi connectivity index (χ1n) is 6.22. The lowest BCUT2D eigenvalue weighted by atomic mass is 9.97. The van der Waals surface area contributed by atoms with Gasteiger partial charge in [-0.1, -0.05) is 57.5 Å². The van der Waals surface area contributed by atoms with Crippen molar-refractivity contribution in [2.45, 2.75) is 51.2 Å². The van der Waals surface area contributed by atoms with Crippen LogP contribution < -0.4 is 0 Å². The number of rotatable bonds is 4. The normalized spacial score (nSPS) is 12.3. The monoisotopic (exact) mass is 440 g/mol. The van der Waals surface area contributed by atoms with Crippen molar-refractivity contribution in [1.29, 1.82) is 0 Å². The molecule has 5 heteroatoms. The van der Waals surface area contributed by atoms with Gasteiger partial charge >= 0.3 is 0 Å². The summed E-state index contributed by atoms with van der Waals surface area (Å²) in [5.74, 6) is 0.238. The number of carbonyl (C=O) groups excluding carboxylic acids is 2. The lowest BCUT2D eigenvalue weighted by molar-refractivity contribution is -0.117. The molecule has 2 unspecified atom stereocenters. The van der Waals surface area contributed by atoms with Gasteiger partial charge in [-0.2, -0.15) is 0 Å². The van der Waals surface area contributed by atoms with E-state index in [1.54, 1.807) is 6.92 Å². The number of carbonyl (C=O) groups is 2. The van der Waals surface area contributed by atoms with Crippen LogP contribution in [0.25, 0.3) is 0 Å². The largest absolute Gasteiger partial charge is 0.298 e. The van der Waals surface area contributed by atoms with Crippen molar-refractivity contribution in [3.05, 3.63) is 34.9 Å². The highest BCUT2D eigenvalue weighted by atomic mass is 79.9. The van der Waals surface area contributed by atoms with Gasteiger partial charge in [0.05, 0.1) is 9.65 Å². The second-order valence-electron chi connectivity index (χ2n) is 4.55. The maximum Gasteiger partial charge on any atom is 0.235 e. The third-order valence-electron chi connectivity index (χ3n) is 2.75. The molecule has 21 heavy (non-hydrogen) atoms. The van der Waals surface area contributed by atoms with E-state index >= 15 is 0 Å². The van der Waals surface area contributed by atoms with Crippen LogP contribution in [0, 0.1) is 13.8 Å². The highest BCUT2D eigenvalue weighted by Crippen LogP contribution is 2.16. The molecule has 120 valence electrons. The zero-order valence-corrected chi connectivity index (χ0v) is 16.0. The topological polar surface area (TPSA) is 34.1 Å². The Morgan fingerprint density at radius 1 is 1.10 bits per heavy atom. The van der Waals surface area contributed by atoms with Crippen LogP contribution in [-0.4, -0.2) is 20.7 Å². The van der Waals surface area contributed by atoms with Crippen LogP contribution in [0.4, 0.5) is 0 Å². The molecule has 0 aromatic heterocycles. The van der Waals surface area contributed by atoms with Crippen molar-refractivity contribution in [1.82, 2.24) is 0 Å². The fourth-order valence-electron chi connectivity index (χ4n) is 1.44. The Morgan fingerprint density at radius 3 is 1.76 bits per heavy atom. The molecule has 0 heterocycles. The average Bonchev–Trinajstić information content (AvgIpc) is 2.34. The maximum atomic E-state index is 11.6. The van der Waals surface area contributed by atoms with Crippen molar-refractivity contribution < 1.29 is 9.59 Å². The van der Waals surface area contributed by atoms with Gasteiger partial charge < -0.3 is 0 Å². The van der Waals surface area contributed by atoms with Crippen LogP contribution in [0.5, 0.6) is 0 Å². The van der Waals surface area contributed by atoms with Crippen molar-refractivity contribution in [2.75, 3.05) is 0 Å². The Kier molecular flexibility index (Phi) is 12.5. The Morgan fingerprint density at radius 2 is 1.48 bits per heavy atom. The standard InChI is InChI=1S/C12H15BrO.C3H4BrClO.CH4/c1-8-5-4-6-9(2)11(8)7-12(14)10(3)13;1-2(4)3(5)6;/h4-6,10H,7H2,1-3H3;2H,1H3;1H4. The van der Waals surface area contributed by atoms with Crippen molar-refractivity contribution >= 4 is 54.5 Å². The third-order valence-corrected chi connectivity index (χ3v) is 4.27. The molecule has 1 aromatic rings. The van der Waals surface area contributed by atoms with Gasteiger partial charge in [-0.15, -0.1) is 0 Å². The van der Waals surface area contributed by atoms with E-state index in [-0.39, 0.29) is 28.1 Å². The summed E-state index contributed by atoms with van der Waals surface area (Å²) in [4.78, 5) is 21.2. The molecule has 0 N–H and O–H groups in total. The Labute approximate surface area is 149 Å². The molecular formula is C16H23Br2ClO2. The molecule has 0 saturated carbocycles. The number of halogens is 3. The predicted octanol–water partition coefficient (Wildman–Crippen LogP) is 5.37. The molecule has 0 radical (unpaired) electrons. The summed E-state index contributed by atoms with van der Waals surface area (Å²) in [5.41, 5.74) is 3.57. The summed E-state index contributed by atoms with van der Waals surface area (Å²) in [5, 5.41) is -0.352. The molecule has 0 amide bonds. The molecule has 0 aliphatic heterocycles. The van der Waals surface area contributed by atoms with E-state index in [1.165, 1.54) is 16.7 Å². The second kappa shape index (κ2) is 11.4. The summed E-state index contributed by atoms with van der Waals surface area (Å²) < 4.78 is 0. The van der Waals surface area contributed by atoms with Crippen LogP contribution in [0.2, 0.25) is 0 Å². The number of hydrogen-bond acceptors (Lipinski definition) is 2. The van der Waals surface area contributed by atoms with Crippen molar-refractivity contribution in [3.8, 4) is 0 Å². The number of Topliss-reactive ketones (excluding diaryl/α,β-unsaturated/α-hetero) is 1. The highest BCUT2D eigenvalue weighted by Gasteiger charge is 2.12. The SMILES string of the molecule is C.CC(Br)C(=O)Cl.Cc1cccc(C)c1CC(=O)C(C)Br. The van der Waals surface area contributed by atoms with Gasteiger partial charge in [0.15, 0.2) is 5.78 Å². The fraction of sp³-hybridized carbons (Fsp3) is 0.500. The van der Waals surface area contributed by atoms with Crippen LogP contribution in [0.3, 0.4) is 0 Å². The molecule has 0 fully saturated rings. The van der Waals surface area contributed by atoms with Crippen LogP contribution in [0.1, 0.15) is 38.0 Å². The summed E-state index contributed by atoms with van der Waals surface area (Å²) in [6.07, 6.45) is 0.533. The Balaban J connectivity index is 0. The van der Waals surface area contributed by atoms with E-state index in [2.05, 4.69) is 57.8 Å². The maximum absolute atomic E-state index is 11.6. The van der Waals surface area contributed by atoms with Gasteiger partial charge in [-0.3, -0.25) is 9.59 Å². The summed E-state index contributed by atoms with van der Waals surface area (Å²) in [6.45, 7) is 7.65. The minimum Gasteiger partial charge on any atom is -0.298 e. The van der Waals surface area contributed by atoms with Crippen LogP contribution >= 0.6 is 43.5 Å². The van der Waals surface area contributed by atoms with E-state index in [9.17, 15) is 9.59 Å². The lowest BCUT2D eigenvalue weighted by Gasteiger charge is -2.09. The highest BCUT2D eigenvalue weighted by molar-refractivity contribution is 9.10. The van der Waals surface area contributed by atoms with Gasteiger partial charge in [0, 0.05) is 6.42 Å². The second-order valence-corrected chi connectivity index (χ2v) is 7.67. The van der Waals surface area contributed by atoms with Gasteiger partial charge in [-0.25, -0.2) is 0 Å². The van der Waals surface area contributed by atoms with E-state index in [0.29, 0.717) is 6.42 Å². The molecule has 2 nitrogen and oxygen atoms in total. The number of benzene rings is 1. The third kappa shape index (κ3) is 9.43. The molecule has 0 saturated heterocycles. The smallest absolute Gasteiger partial charge is 0.235 e. The quantitative estimate of drug-likeness (QED) is 0.464. The first-order valence-corrected chi connectivity index (χ1v) is 8.43. The van der Waals surface area contributed by atoms with Crippen LogP contribution in [0.15, 0.2) is 18.2 Å². The summed E-state index contributed by atoms with van der Waals surface area (Å²) >= 11 is 11.2. The molecule has 0 spiro atoms. The molecule has 1 aromatic carbocycles. The molecule has 0 aliphatic rings.